The highest BCUT2D eigenvalue weighted by Crippen LogP contribution is 2.32. The third-order valence-corrected chi connectivity index (χ3v) is 18.8. The lowest BCUT2D eigenvalue weighted by molar-refractivity contribution is 0.165. The monoisotopic (exact) mass is 352 g/mol. The topological polar surface area (TPSA) is 36.9 Å². The fourth-order valence-corrected chi connectivity index (χ4v) is 16.1. The third kappa shape index (κ3) is 5.26. The first kappa shape index (κ1) is 21.5. The maximum atomic E-state index is 6.72. The van der Waals surface area contributed by atoms with Crippen molar-refractivity contribution in [2.24, 2.45) is 0 Å². The van der Waals surface area contributed by atoms with Gasteiger partial charge in [-0.3, -0.25) is 0 Å². The van der Waals surface area contributed by atoms with Crippen LogP contribution in [0.15, 0.2) is 0 Å². The molecule has 7 heteroatoms. The molecule has 0 fully saturated rings. The minimum absolute atomic E-state index is 0.816. The lowest BCUT2D eigenvalue weighted by atomic mass is 10.9. The van der Waals surface area contributed by atoms with Gasteiger partial charge in [-0.25, -0.2) is 0 Å². The molecule has 21 heavy (non-hydrogen) atoms. The van der Waals surface area contributed by atoms with E-state index < -0.39 is 25.7 Å². The first-order chi connectivity index (χ1) is 9.90. The van der Waals surface area contributed by atoms with Crippen molar-refractivity contribution in [2.75, 3.05) is 14.2 Å². The summed E-state index contributed by atoms with van der Waals surface area (Å²) in [5.74, 6) is 0. The Morgan fingerprint density at radius 2 is 1.05 bits per heavy atom. The van der Waals surface area contributed by atoms with Crippen molar-refractivity contribution in [3.05, 3.63) is 0 Å². The summed E-state index contributed by atoms with van der Waals surface area (Å²) >= 11 is 0. The van der Waals surface area contributed by atoms with Gasteiger partial charge in [-0.15, -0.1) is 0 Å². The van der Waals surface area contributed by atoms with Crippen molar-refractivity contribution in [1.29, 1.82) is 0 Å². The van der Waals surface area contributed by atoms with Gasteiger partial charge in [-0.05, 0) is 30.2 Å². The smallest absolute Gasteiger partial charge is 0.416 e. The molecule has 0 amide bonds. The van der Waals surface area contributed by atoms with Crippen LogP contribution in [0.3, 0.4) is 0 Å². The van der Waals surface area contributed by atoms with Gasteiger partial charge in [0.15, 0.2) is 8.32 Å². The molecule has 0 bridgehead atoms. The van der Waals surface area contributed by atoms with Gasteiger partial charge in [0.1, 0.15) is 0 Å². The van der Waals surface area contributed by atoms with E-state index in [0.29, 0.717) is 0 Å². The minimum Gasteiger partial charge on any atom is -0.416 e. The predicted octanol–water partition coefficient (Wildman–Crippen LogP) is 4.76. The van der Waals surface area contributed by atoms with Crippen LogP contribution in [-0.4, -0.2) is 39.9 Å². The highest BCUT2D eigenvalue weighted by molar-refractivity contribution is 6.86. The summed E-state index contributed by atoms with van der Waals surface area (Å²) in [4.78, 5) is 0. The Bertz CT molecular complexity index is 237. The molecule has 4 nitrogen and oxygen atoms in total. The summed E-state index contributed by atoms with van der Waals surface area (Å²) in [6.45, 7) is 13.1. The van der Waals surface area contributed by atoms with Crippen LogP contribution in [-0.2, 0) is 17.1 Å². The molecule has 0 saturated heterocycles. The van der Waals surface area contributed by atoms with Gasteiger partial charge in [0.05, 0.1) is 0 Å². The molecule has 0 aromatic rings. The molecule has 0 aromatic carbocycles. The summed E-state index contributed by atoms with van der Waals surface area (Å²) in [5.41, 5.74) is 0. The highest BCUT2D eigenvalue weighted by Gasteiger charge is 2.51. The molecule has 0 aromatic heterocycles. The van der Waals surface area contributed by atoms with Crippen LogP contribution in [0.5, 0.6) is 0 Å². The first-order valence-electron chi connectivity index (χ1n) is 8.41. The molecule has 0 rings (SSSR count). The van der Waals surface area contributed by atoms with Gasteiger partial charge >= 0.3 is 17.4 Å². The zero-order chi connectivity index (χ0) is 16.6. The van der Waals surface area contributed by atoms with E-state index in [2.05, 4.69) is 41.5 Å². The Labute approximate surface area is 135 Å². The van der Waals surface area contributed by atoms with Crippen LogP contribution >= 0.6 is 0 Å². The summed E-state index contributed by atoms with van der Waals surface area (Å²) in [7, 11) is -3.08. The molecular formula is C14H36O4Si3. The van der Waals surface area contributed by atoms with Crippen LogP contribution in [0, 0.1) is 0 Å². The molecule has 0 radical (unpaired) electrons. The fourth-order valence-electron chi connectivity index (χ4n) is 2.70. The second-order valence-corrected chi connectivity index (χ2v) is 17.8. The predicted molar refractivity (Wildman–Crippen MR) is 96.3 cm³/mol. The lowest BCUT2D eigenvalue weighted by Crippen LogP contribution is -2.60. The standard InChI is InChI=1S/C14H36O4Si3/c1-9-19(10-2,11-3)17-21(14-6,16-8)18-20(12-4,13-5)15-7/h9-14H2,1-8H3. The number of hydrogen-bond acceptors (Lipinski definition) is 4. The summed E-state index contributed by atoms with van der Waals surface area (Å²) < 4.78 is 25.0. The largest absolute Gasteiger partial charge is 0.481 e. The maximum Gasteiger partial charge on any atom is 0.481 e. The van der Waals surface area contributed by atoms with E-state index in [4.69, 9.17) is 17.1 Å². The van der Waals surface area contributed by atoms with Gasteiger partial charge < -0.3 is 17.1 Å². The van der Waals surface area contributed by atoms with Crippen LogP contribution in [0.4, 0.5) is 0 Å². The Hall–Kier alpha value is 0.491. The van der Waals surface area contributed by atoms with Gasteiger partial charge in [0, 0.05) is 20.3 Å². The Morgan fingerprint density at radius 1 is 0.571 bits per heavy atom. The zero-order valence-corrected chi connectivity index (χ0v) is 18.4. The normalized spacial score (nSPS) is 16.0. The van der Waals surface area contributed by atoms with Crippen molar-refractivity contribution in [3.8, 4) is 0 Å². The van der Waals surface area contributed by atoms with Crippen molar-refractivity contribution >= 4 is 25.7 Å². The molecule has 0 N–H and O–H groups in total. The Kier molecular flexibility index (Phi) is 9.81. The van der Waals surface area contributed by atoms with E-state index in [1.54, 1.807) is 14.2 Å². The van der Waals surface area contributed by atoms with E-state index in [0.717, 1.165) is 36.3 Å². The van der Waals surface area contributed by atoms with E-state index in [1.165, 1.54) is 0 Å². The van der Waals surface area contributed by atoms with E-state index in [1.807, 2.05) is 0 Å². The molecule has 0 spiro atoms. The molecule has 0 aliphatic rings. The molecule has 0 aliphatic carbocycles. The second-order valence-electron chi connectivity index (χ2n) is 5.51. The van der Waals surface area contributed by atoms with Gasteiger partial charge in [-0.1, -0.05) is 41.5 Å². The zero-order valence-electron chi connectivity index (χ0n) is 15.4. The summed E-state index contributed by atoms with van der Waals surface area (Å²) in [6, 6.07) is 6.01. The average Bonchev–Trinajstić information content (AvgIpc) is 2.57. The molecule has 0 heterocycles. The molecule has 0 aliphatic heterocycles. The van der Waals surface area contributed by atoms with Crippen LogP contribution in [0.2, 0.25) is 36.3 Å². The minimum atomic E-state index is -2.64. The van der Waals surface area contributed by atoms with Crippen LogP contribution in [0.1, 0.15) is 41.5 Å². The van der Waals surface area contributed by atoms with Crippen molar-refractivity contribution in [1.82, 2.24) is 0 Å². The molecule has 1 atom stereocenters. The molecule has 128 valence electrons. The van der Waals surface area contributed by atoms with Crippen LogP contribution in [0.25, 0.3) is 0 Å². The van der Waals surface area contributed by atoms with E-state index >= 15 is 0 Å². The lowest BCUT2D eigenvalue weighted by Gasteiger charge is -2.42. The van der Waals surface area contributed by atoms with Crippen molar-refractivity contribution < 1.29 is 17.1 Å². The molecule has 1 unspecified atom stereocenters. The second kappa shape index (κ2) is 9.59. The first-order valence-corrected chi connectivity index (χ1v) is 15.1. The maximum absolute atomic E-state index is 6.72. The SMILES string of the molecule is CC[Si](CC)(CC)O[Si](CC)(OC)O[Si](CC)(CC)OC. The van der Waals surface area contributed by atoms with E-state index in [9.17, 15) is 0 Å². The van der Waals surface area contributed by atoms with Gasteiger partial charge in [0.2, 0.25) is 0 Å². The Balaban J connectivity index is 5.42. The van der Waals surface area contributed by atoms with Crippen LogP contribution < -0.4 is 0 Å². The number of hydrogen-bond donors (Lipinski definition) is 0. The summed E-state index contributed by atoms with van der Waals surface area (Å²) in [6.07, 6.45) is 0. The highest BCUT2D eigenvalue weighted by atomic mass is 28.5. The van der Waals surface area contributed by atoms with Crippen molar-refractivity contribution in [3.63, 3.8) is 0 Å². The molecule has 0 saturated carbocycles. The van der Waals surface area contributed by atoms with Gasteiger partial charge in [0.25, 0.3) is 0 Å². The fraction of sp³-hybridized carbons (Fsp3) is 1.00. The van der Waals surface area contributed by atoms with Crippen molar-refractivity contribution in [2.45, 2.75) is 77.8 Å². The number of rotatable bonds is 12. The molecular weight excluding hydrogens is 316 g/mol. The quantitative estimate of drug-likeness (QED) is 0.475. The van der Waals surface area contributed by atoms with E-state index in [-0.39, 0.29) is 0 Å². The summed E-state index contributed by atoms with van der Waals surface area (Å²) in [5, 5.41) is 0. The Morgan fingerprint density at radius 3 is 1.29 bits per heavy atom. The van der Waals surface area contributed by atoms with Gasteiger partial charge in [-0.2, -0.15) is 0 Å². The third-order valence-electron chi connectivity index (χ3n) is 4.84. The average molecular weight is 353 g/mol.